The fourth-order valence-electron chi connectivity index (χ4n) is 6.34. The van der Waals surface area contributed by atoms with Gasteiger partial charge in [-0.05, 0) is 86.1 Å². The highest BCUT2D eigenvalue weighted by molar-refractivity contribution is 5.93. The molecule has 0 aromatic heterocycles. The Bertz CT molecular complexity index is 1400. The van der Waals surface area contributed by atoms with Crippen LogP contribution in [0.2, 0.25) is 0 Å². The average molecular weight is 556 g/mol. The van der Waals surface area contributed by atoms with E-state index in [0.717, 1.165) is 29.7 Å². The molecule has 7 nitrogen and oxygen atoms in total. The first-order chi connectivity index (χ1) is 19.8. The van der Waals surface area contributed by atoms with Gasteiger partial charge in [0.1, 0.15) is 0 Å². The van der Waals surface area contributed by atoms with Crippen molar-refractivity contribution in [3.63, 3.8) is 0 Å². The van der Waals surface area contributed by atoms with Gasteiger partial charge >= 0.3 is 0 Å². The number of anilines is 1. The van der Waals surface area contributed by atoms with Crippen LogP contribution in [0.1, 0.15) is 46.2 Å². The van der Waals surface area contributed by atoms with Crippen LogP contribution in [-0.4, -0.2) is 44.0 Å². The highest BCUT2D eigenvalue weighted by Gasteiger charge is 2.35. The number of carbonyl (C=O) groups is 2. The maximum absolute atomic E-state index is 13.6. The summed E-state index contributed by atoms with van der Waals surface area (Å²) in [5.41, 5.74) is 8.01. The van der Waals surface area contributed by atoms with E-state index in [9.17, 15) is 9.59 Å². The first kappa shape index (κ1) is 28.7. The maximum Gasteiger partial charge on any atom is 0.228 e. The van der Waals surface area contributed by atoms with Crippen LogP contribution in [0, 0.1) is 25.7 Å². The summed E-state index contributed by atoms with van der Waals surface area (Å²) in [7, 11) is 3.24. The van der Waals surface area contributed by atoms with Crippen molar-refractivity contribution >= 4 is 17.5 Å². The largest absolute Gasteiger partial charge is 0.493 e. The number of fused-ring (bicyclic) bond motifs is 1. The zero-order valence-electron chi connectivity index (χ0n) is 24.6. The molecule has 2 amide bonds. The number of likely N-dealkylation sites (tertiary alicyclic amines) is 1. The Hall–Kier alpha value is -3.84. The van der Waals surface area contributed by atoms with Crippen molar-refractivity contribution < 1.29 is 19.1 Å². The van der Waals surface area contributed by atoms with Gasteiger partial charge in [0.15, 0.2) is 11.5 Å². The van der Waals surface area contributed by atoms with E-state index >= 15 is 0 Å². The lowest BCUT2D eigenvalue weighted by Crippen LogP contribution is -2.48. The Balaban J connectivity index is 1.31. The summed E-state index contributed by atoms with van der Waals surface area (Å²) >= 11 is 0. The van der Waals surface area contributed by atoms with Crippen LogP contribution in [-0.2, 0) is 35.5 Å². The van der Waals surface area contributed by atoms with E-state index in [2.05, 4.69) is 59.7 Å². The molecular weight excluding hydrogens is 514 g/mol. The van der Waals surface area contributed by atoms with Crippen LogP contribution in [0.4, 0.5) is 5.69 Å². The second kappa shape index (κ2) is 12.8. The Morgan fingerprint density at radius 3 is 2.24 bits per heavy atom. The molecule has 1 aliphatic carbocycles. The average Bonchev–Trinajstić information content (AvgIpc) is 3.43. The highest BCUT2D eigenvalue weighted by atomic mass is 16.5. The van der Waals surface area contributed by atoms with Crippen LogP contribution in [0.3, 0.4) is 0 Å². The number of amides is 2. The molecule has 2 N–H and O–H groups in total. The molecule has 0 unspecified atom stereocenters. The molecule has 0 bridgehead atoms. The molecule has 7 heteroatoms. The quantitative estimate of drug-likeness (QED) is 0.379. The van der Waals surface area contributed by atoms with Crippen molar-refractivity contribution in [2.75, 3.05) is 32.6 Å². The number of rotatable bonds is 9. The molecule has 2 atom stereocenters. The number of benzene rings is 3. The number of hydrogen-bond donors (Lipinski definition) is 2. The van der Waals surface area contributed by atoms with Crippen LogP contribution < -0.4 is 20.1 Å². The second-order valence-electron chi connectivity index (χ2n) is 11.6. The van der Waals surface area contributed by atoms with E-state index in [-0.39, 0.29) is 23.7 Å². The molecular formula is C34H41N3O4. The minimum Gasteiger partial charge on any atom is -0.493 e. The van der Waals surface area contributed by atoms with E-state index in [0.29, 0.717) is 44.1 Å². The summed E-state index contributed by atoms with van der Waals surface area (Å²) in [5, 5.41) is 6.30. The lowest BCUT2D eigenvalue weighted by atomic mass is 9.87. The number of ether oxygens (including phenoxy) is 2. The van der Waals surface area contributed by atoms with Gasteiger partial charge in [-0.25, -0.2) is 0 Å². The summed E-state index contributed by atoms with van der Waals surface area (Å²) in [6, 6.07) is 18.4. The van der Waals surface area contributed by atoms with Crippen molar-refractivity contribution in [3.8, 4) is 11.5 Å². The zero-order valence-corrected chi connectivity index (χ0v) is 24.6. The fourth-order valence-corrected chi connectivity index (χ4v) is 6.34. The van der Waals surface area contributed by atoms with E-state index < -0.39 is 0 Å². The smallest absolute Gasteiger partial charge is 0.228 e. The van der Waals surface area contributed by atoms with Crippen molar-refractivity contribution in [3.05, 3.63) is 88.0 Å². The summed E-state index contributed by atoms with van der Waals surface area (Å²) in [6.07, 6.45) is 3.84. The second-order valence-corrected chi connectivity index (χ2v) is 11.6. The maximum atomic E-state index is 13.6. The molecule has 0 radical (unpaired) electrons. The molecule has 1 aliphatic heterocycles. The van der Waals surface area contributed by atoms with Crippen LogP contribution in [0.5, 0.6) is 11.5 Å². The zero-order chi connectivity index (χ0) is 28.9. The molecule has 41 heavy (non-hydrogen) atoms. The van der Waals surface area contributed by atoms with Gasteiger partial charge in [-0.15, -0.1) is 0 Å². The van der Waals surface area contributed by atoms with Gasteiger partial charge in [-0.3, -0.25) is 14.5 Å². The Morgan fingerprint density at radius 1 is 0.805 bits per heavy atom. The molecule has 1 heterocycles. The molecule has 0 spiro atoms. The van der Waals surface area contributed by atoms with Crippen molar-refractivity contribution in [2.45, 2.75) is 52.6 Å². The van der Waals surface area contributed by atoms with Crippen LogP contribution in [0.15, 0.2) is 54.6 Å². The third-order valence-electron chi connectivity index (χ3n) is 8.24. The Labute approximate surface area is 243 Å². The molecule has 216 valence electrons. The van der Waals surface area contributed by atoms with E-state index in [1.807, 2.05) is 24.3 Å². The first-order valence-corrected chi connectivity index (χ1v) is 14.5. The Kier molecular flexibility index (Phi) is 8.93. The van der Waals surface area contributed by atoms with Gasteiger partial charge in [0.05, 0.1) is 26.1 Å². The molecule has 0 saturated carbocycles. The predicted molar refractivity (Wildman–Crippen MR) is 161 cm³/mol. The molecule has 1 fully saturated rings. The summed E-state index contributed by atoms with van der Waals surface area (Å²) in [4.78, 5) is 29.2. The number of nitrogens with zero attached hydrogens (tertiary/aromatic N) is 1. The number of nitrogens with one attached hydrogen (secondary N) is 2. The molecule has 1 saturated heterocycles. The van der Waals surface area contributed by atoms with Crippen LogP contribution in [0.25, 0.3) is 0 Å². The van der Waals surface area contributed by atoms with Gasteiger partial charge < -0.3 is 20.1 Å². The Morgan fingerprint density at radius 2 is 1.51 bits per heavy atom. The molecule has 3 aromatic carbocycles. The van der Waals surface area contributed by atoms with Crippen molar-refractivity contribution in [2.24, 2.45) is 11.8 Å². The summed E-state index contributed by atoms with van der Waals surface area (Å²) < 4.78 is 10.9. The monoisotopic (exact) mass is 555 g/mol. The lowest BCUT2D eigenvalue weighted by Gasteiger charge is -2.36. The fraction of sp³-hybridized carbons (Fsp3) is 0.412. The summed E-state index contributed by atoms with van der Waals surface area (Å²) in [6.45, 7) is 6.36. The number of methoxy groups -OCH3 is 2. The third kappa shape index (κ3) is 7.09. The number of hydrogen-bond acceptors (Lipinski definition) is 5. The van der Waals surface area contributed by atoms with Gasteiger partial charge in [0.25, 0.3) is 0 Å². The standard InChI is InChI=1S/C34H41N3O4/c1-22-12-23(2)14-25(13-22)18-35-33(38)28-16-29(34(39)36-30-10-9-26-6-5-7-27(26)17-30)21-37(20-28)19-24-8-11-31(40-3)32(15-24)41-4/h8-15,17,28-29H,5-7,16,18-21H2,1-4H3,(H,35,38)(H,36,39)/t28-,29+/m0/s1. The highest BCUT2D eigenvalue weighted by Crippen LogP contribution is 2.31. The van der Waals surface area contributed by atoms with Crippen molar-refractivity contribution in [1.29, 1.82) is 0 Å². The topological polar surface area (TPSA) is 79.9 Å². The third-order valence-corrected chi connectivity index (χ3v) is 8.24. The predicted octanol–water partition coefficient (Wildman–Crippen LogP) is 5.20. The normalized spacial score (nSPS) is 18.4. The van der Waals surface area contributed by atoms with Gasteiger partial charge in [0, 0.05) is 31.9 Å². The number of piperidine rings is 1. The first-order valence-electron chi connectivity index (χ1n) is 14.5. The van der Waals surface area contributed by atoms with Gasteiger partial charge in [-0.2, -0.15) is 0 Å². The minimum atomic E-state index is -0.311. The van der Waals surface area contributed by atoms with Crippen LogP contribution >= 0.6 is 0 Å². The van der Waals surface area contributed by atoms with Gasteiger partial charge in [0.2, 0.25) is 11.8 Å². The SMILES string of the molecule is COc1ccc(CN2C[C@@H](C(=O)NCc3cc(C)cc(C)c3)C[C@@H](C(=O)Nc3ccc4c(c3)CCC4)C2)cc1OC. The minimum absolute atomic E-state index is 0.0171. The molecule has 3 aromatic rings. The number of carbonyl (C=O) groups excluding carboxylic acids is 2. The van der Waals surface area contributed by atoms with E-state index in [1.54, 1.807) is 14.2 Å². The lowest BCUT2D eigenvalue weighted by molar-refractivity contribution is -0.130. The number of aryl methyl sites for hydroxylation is 4. The summed E-state index contributed by atoms with van der Waals surface area (Å²) in [5.74, 6) is 0.670. The van der Waals surface area contributed by atoms with Crippen molar-refractivity contribution in [1.82, 2.24) is 10.2 Å². The van der Waals surface area contributed by atoms with Gasteiger partial charge in [-0.1, -0.05) is 41.5 Å². The molecule has 5 rings (SSSR count). The molecule has 2 aliphatic rings. The van der Waals surface area contributed by atoms with E-state index in [4.69, 9.17) is 9.47 Å². The van der Waals surface area contributed by atoms with E-state index in [1.165, 1.54) is 28.7 Å².